The van der Waals surface area contributed by atoms with Crippen molar-refractivity contribution in [3.8, 4) is 0 Å². The Balaban J connectivity index is 2.11. The van der Waals surface area contributed by atoms with Crippen molar-refractivity contribution in [1.82, 2.24) is 9.97 Å². The van der Waals surface area contributed by atoms with E-state index in [1.807, 2.05) is 43.3 Å². The third-order valence-corrected chi connectivity index (χ3v) is 3.97. The van der Waals surface area contributed by atoms with E-state index in [1.165, 1.54) is 0 Å². The summed E-state index contributed by atoms with van der Waals surface area (Å²) in [6, 6.07) is 7.75. The van der Waals surface area contributed by atoms with Crippen molar-refractivity contribution in [3.05, 3.63) is 51.4 Å². The minimum Gasteiger partial charge on any atom is -0.376 e. The zero-order chi connectivity index (χ0) is 15.0. The minimum absolute atomic E-state index is 0.0465. The van der Waals surface area contributed by atoms with E-state index in [1.54, 1.807) is 0 Å². The molecule has 1 atom stereocenters. The molecule has 2 heterocycles. The van der Waals surface area contributed by atoms with E-state index >= 15 is 0 Å². The van der Waals surface area contributed by atoms with Crippen LogP contribution in [0.4, 0.5) is 5.82 Å². The summed E-state index contributed by atoms with van der Waals surface area (Å²) in [6.45, 7) is 1.08. The van der Waals surface area contributed by atoms with E-state index in [-0.39, 0.29) is 11.2 Å². The summed E-state index contributed by atoms with van der Waals surface area (Å²) in [5.74, 6) is 0.855. The van der Waals surface area contributed by atoms with E-state index in [0.717, 1.165) is 22.6 Å². The first kappa shape index (κ1) is 14.6. The van der Waals surface area contributed by atoms with Gasteiger partial charge in [0, 0.05) is 24.7 Å². The summed E-state index contributed by atoms with van der Waals surface area (Å²) >= 11 is 12.1. The number of halogens is 2. The second-order valence-corrected chi connectivity index (χ2v) is 5.97. The lowest BCUT2D eigenvalue weighted by molar-refractivity contribution is 0.0976. The van der Waals surface area contributed by atoms with Crippen molar-refractivity contribution >= 4 is 29.0 Å². The smallest absolute Gasteiger partial charge is 0.224 e. The number of ether oxygens (including phenoxy) is 1. The number of aromatic nitrogens is 2. The maximum atomic E-state index is 6.09. The number of hydrogen-bond acceptors (Lipinski definition) is 4. The Morgan fingerprint density at radius 1 is 1.14 bits per heavy atom. The molecule has 0 aliphatic carbocycles. The highest BCUT2D eigenvalue weighted by Crippen LogP contribution is 2.35. The molecule has 1 aliphatic rings. The van der Waals surface area contributed by atoms with Crippen LogP contribution < -0.4 is 4.90 Å². The molecule has 110 valence electrons. The third kappa shape index (κ3) is 2.84. The molecule has 0 N–H and O–H groups in total. The van der Waals surface area contributed by atoms with E-state index in [0.29, 0.717) is 18.2 Å². The van der Waals surface area contributed by atoms with Crippen molar-refractivity contribution in [1.29, 1.82) is 0 Å². The molecule has 21 heavy (non-hydrogen) atoms. The maximum absolute atomic E-state index is 6.09. The van der Waals surface area contributed by atoms with Gasteiger partial charge in [-0.2, -0.15) is 0 Å². The van der Waals surface area contributed by atoms with Crippen LogP contribution in [0.15, 0.2) is 24.3 Å². The Morgan fingerprint density at radius 2 is 1.86 bits per heavy atom. The minimum atomic E-state index is 0.0465. The van der Waals surface area contributed by atoms with Crippen LogP contribution in [0.25, 0.3) is 0 Å². The molecule has 0 fully saturated rings. The van der Waals surface area contributed by atoms with Gasteiger partial charge in [0.15, 0.2) is 0 Å². The predicted octanol–water partition coefficient (Wildman–Crippen LogP) is 3.51. The van der Waals surface area contributed by atoms with Crippen molar-refractivity contribution in [2.45, 2.75) is 12.5 Å². The summed E-state index contributed by atoms with van der Waals surface area (Å²) < 4.78 is 5.74. The van der Waals surface area contributed by atoms with Crippen molar-refractivity contribution in [2.24, 2.45) is 0 Å². The van der Waals surface area contributed by atoms with Gasteiger partial charge in [-0.05, 0) is 29.3 Å². The highest BCUT2D eigenvalue weighted by Gasteiger charge is 2.28. The summed E-state index contributed by atoms with van der Waals surface area (Å²) in [5.41, 5.74) is 3.04. The molecule has 0 saturated heterocycles. The lowest BCUT2D eigenvalue weighted by atomic mass is 9.91. The second kappa shape index (κ2) is 5.79. The largest absolute Gasteiger partial charge is 0.376 e. The summed E-state index contributed by atoms with van der Waals surface area (Å²) in [4.78, 5) is 10.7. The zero-order valence-corrected chi connectivity index (χ0v) is 13.3. The van der Waals surface area contributed by atoms with Crippen LogP contribution in [0.1, 0.15) is 22.7 Å². The molecule has 6 heteroatoms. The van der Waals surface area contributed by atoms with Gasteiger partial charge in [-0.25, -0.2) is 9.97 Å². The molecule has 3 rings (SSSR count). The molecule has 1 aromatic carbocycles. The third-order valence-electron chi connectivity index (χ3n) is 3.55. The molecular weight excluding hydrogens is 309 g/mol. The topological polar surface area (TPSA) is 38.2 Å². The molecule has 0 spiro atoms. The average molecular weight is 324 g/mol. The Kier molecular flexibility index (Phi) is 4.02. The molecule has 0 saturated carbocycles. The van der Waals surface area contributed by atoms with E-state index < -0.39 is 0 Å². The van der Waals surface area contributed by atoms with Gasteiger partial charge in [0.1, 0.15) is 5.82 Å². The molecule has 1 aromatic heterocycles. The Labute approximate surface area is 133 Å². The molecule has 0 amide bonds. The first-order valence-corrected chi connectivity index (χ1v) is 7.38. The van der Waals surface area contributed by atoms with Crippen LogP contribution in [0.2, 0.25) is 10.3 Å². The quantitative estimate of drug-likeness (QED) is 0.793. The lowest BCUT2D eigenvalue weighted by Crippen LogP contribution is -2.24. The van der Waals surface area contributed by atoms with Gasteiger partial charge < -0.3 is 9.64 Å². The van der Waals surface area contributed by atoms with Gasteiger partial charge in [-0.3, -0.25) is 0 Å². The van der Waals surface area contributed by atoms with Crippen molar-refractivity contribution in [2.75, 3.05) is 25.6 Å². The average Bonchev–Trinajstić information content (AvgIpc) is 2.46. The monoisotopic (exact) mass is 323 g/mol. The van der Waals surface area contributed by atoms with E-state index in [9.17, 15) is 0 Å². The van der Waals surface area contributed by atoms with Gasteiger partial charge in [-0.1, -0.05) is 23.7 Å². The normalized spacial score (nSPS) is 17.4. The van der Waals surface area contributed by atoms with Gasteiger partial charge in [0.25, 0.3) is 0 Å². The predicted molar refractivity (Wildman–Crippen MR) is 84.3 cm³/mol. The Hall–Kier alpha value is -1.36. The van der Waals surface area contributed by atoms with Crippen LogP contribution in [0, 0.1) is 0 Å². The Morgan fingerprint density at radius 3 is 2.52 bits per heavy atom. The van der Waals surface area contributed by atoms with E-state index in [2.05, 4.69) is 9.97 Å². The van der Waals surface area contributed by atoms with Crippen molar-refractivity contribution < 1.29 is 4.74 Å². The molecule has 1 unspecified atom stereocenters. The van der Waals surface area contributed by atoms with Crippen LogP contribution in [0.5, 0.6) is 0 Å². The maximum Gasteiger partial charge on any atom is 0.224 e. The van der Waals surface area contributed by atoms with Crippen LogP contribution in [0.3, 0.4) is 0 Å². The number of nitrogens with zero attached hydrogens (tertiary/aromatic N) is 3. The standard InChI is InChI=1S/C15H15Cl2N3O/c1-20(2)14-12-8-21-7-11(13(12)18-15(17)19-14)9-3-5-10(16)6-4-9/h3-6,11H,7-8H2,1-2H3. The van der Waals surface area contributed by atoms with Crippen LogP contribution in [-0.2, 0) is 11.3 Å². The number of benzene rings is 1. The van der Waals surface area contributed by atoms with Gasteiger partial charge in [0.05, 0.1) is 24.8 Å². The van der Waals surface area contributed by atoms with E-state index in [4.69, 9.17) is 27.9 Å². The molecule has 4 nitrogen and oxygen atoms in total. The Bertz CT molecular complexity index is 659. The SMILES string of the molecule is CN(C)c1nc(Cl)nc2c1COCC2c1ccc(Cl)cc1. The zero-order valence-electron chi connectivity index (χ0n) is 11.8. The van der Waals surface area contributed by atoms with Crippen molar-refractivity contribution in [3.63, 3.8) is 0 Å². The molecule has 0 bridgehead atoms. The number of rotatable bonds is 2. The molecule has 2 aromatic rings. The molecule has 1 aliphatic heterocycles. The van der Waals surface area contributed by atoms with Gasteiger partial charge in [-0.15, -0.1) is 0 Å². The fourth-order valence-corrected chi connectivity index (χ4v) is 2.86. The highest BCUT2D eigenvalue weighted by atomic mass is 35.5. The summed E-state index contributed by atoms with van der Waals surface area (Å²) in [5, 5.41) is 0.976. The molecular formula is C15H15Cl2N3O. The fourth-order valence-electron chi connectivity index (χ4n) is 2.56. The first-order chi connectivity index (χ1) is 10.1. The summed E-state index contributed by atoms with van der Waals surface area (Å²) in [7, 11) is 3.87. The lowest BCUT2D eigenvalue weighted by Gasteiger charge is -2.28. The number of hydrogen-bond donors (Lipinski definition) is 0. The first-order valence-electron chi connectivity index (χ1n) is 6.63. The number of fused-ring (bicyclic) bond motifs is 1. The molecule has 0 radical (unpaired) electrons. The van der Waals surface area contributed by atoms with Crippen LogP contribution in [-0.4, -0.2) is 30.7 Å². The van der Waals surface area contributed by atoms with Gasteiger partial charge in [0.2, 0.25) is 5.28 Å². The number of anilines is 1. The second-order valence-electron chi connectivity index (χ2n) is 5.19. The van der Waals surface area contributed by atoms with Crippen LogP contribution >= 0.6 is 23.2 Å². The highest BCUT2D eigenvalue weighted by molar-refractivity contribution is 6.30. The fraction of sp³-hybridized carbons (Fsp3) is 0.333. The summed E-state index contributed by atoms with van der Waals surface area (Å²) in [6.07, 6.45) is 0. The van der Waals surface area contributed by atoms with Gasteiger partial charge >= 0.3 is 0 Å².